The van der Waals surface area contributed by atoms with Crippen molar-refractivity contribution in [3.63, 3.8) is 0 Å². The fraction of sp³-hybridized carbons (Fsp3) is 0.455. The van der Waals surface area contributed by atoms with Crippen molar-refractivity contribution in [2.45, 2.75) is 110 Å². The first-order chi connectivity index (χ1) is 22.9. The molecule has 2 fully saturated rings. The molecule has 48 heavy (non-hydrogen) atoms. The van der Waals surface area contributed by atoms with Crippen LogP contribution in [0.1, 0.15) is 116 Å². The van der Waals surface area contributed by atoms with Gasteiger partial charge in [0, 0.05) is 10.8 Å². The molecule has 0 heterocycles. The lowest BCUT2D eigenvalue weighted by Crippen LogP contribution is -2.34. The molecule has 4 nitrogen and oxygen atoms in total. The van der Waals surface area contributed by atoms with E-state index in [1.165, 1.54) is 60.8 Å². The molecule has 4 aromatic carbocycles. The highest BCUT2D eigenvalue weighted by Gasteiger charge is 2.41. The Morgan fingerprint density at radius 2 is 0.729 bits per heavy atom. The van der Waals surface area contributed by atoms with E-state index >= 15 is 0 Å². The lowest BCUT2D eigenvalue weighted by atomic mass is 9.61. The largest absolute Gasteiger partial charge is 0.508 e. The van der Waals surface area contributed by atoms with Gasteiger partial charge in [-0.2, -0.15) is 0 Å². The van der Waals surface area contributed by atoms with Crippen molar-refractivity contribution < 1.29 is 20.4 Å². The smallest absolute Gasteiger partial charge is 0.118 e. The van der Waals surface area contributed by atoms with Gasteiger partial charge in [-0.1, -0.05) is 55.5 Å². The summed E-state index contributed by atoms with van der Waals surface area (Å²) < 4.78 is 0. The monoisotopic (exact) mass is 646 g/mol. The molecule has 254 valence electrons. The van der Waals surface area contributed by atoms with Gasteiger partial charge in [-0.25, -0.2) is 0 Å². The van der Waals surface area contributed by atoms with Crippen LogP contribution in [0.25, 0.3) is 0 Å². The molecule has 0 atom stereocenters. The maximum absolute atomic E-state index is 10.3. The Kier molecular flexibility index (Phi) is 9.57. The lowest BCUT2D eigenvalue weighted by Gasteiger charge is -2.43. The quantitative estimate of drug-likeness (QED) is 0.154. The highest BCUT2D eigenvalue weighted by atomic mass is 16.3. The first-order valence-corrected chi connectivity index (χ1v) is 18.1. The number of aryl methyl sites for hydroxylation is 4. The maximum atomic E-state index is 10.3. The van der Waals surface area contributed by atoms with E-state index in [0.717, 1.165) is 47.9 Å². The van der Waals surface area contributed by atoms with E-state index < -0.39 is 0 Å². The van der Waals surface area contributed by atoms with Gasteiger partial charge in [-0.3, -0.25) is 0 Å². The Morgan fingerprint density at radius 1 is 0.479 bits per heavy atom. The van der Waals surface area contributed by atoms with Crippen LogP contribution in [0.3, 0.4) is 0 Å². The second-order valence-electron chi connectivity index (χ2n) is 15.6. The minimum Gasteiger partial charge on any atom is -0.508 e. The van der Waals surface area contributed by atoms with Gasteiger partial charge in [0.1, 0.15) is 23.0 Å². The zero-order valence-electron chi connectivity index (χ0n) is 29.5. The van der Waals surface area contributed by atoms with Crippen LogP contribution in [0.5, 0.6) is 23.0 Å². The van der Waals surface area contributed by atoms with E-state index in [1.54, 1.807) is 0 Å². The molecule has 2 saturated carbocycles. The molecule has 0 spiro atoms. The summed E-state index contributed by atoms with van der Waals surface area (Å²) in [5, 5.41) is 41.2. The summed E-state index contributed by atoms with van der Waals surface area (Å²) in [7, 11) is 0. The SMILES string of the molecule is Cc1cc(C2(c3ccc(O)c(C)c3)CCC(CC(C)CC3CCC(c4ccc(O)c(C)c4)(c4ccc(O)c(C)c4)CC3)CC2)ccc1O. The predicted molar refractivity (Wildman–Crippen MR) is 195 cm³/mol. The van der Waals surface area contributed by atoms with Crippen LogP contribution in [0.2, 0.25) is 0 Å². The predicted octanol–water partition coefficient (Wildman–Crippen LogP) is 10.8. The molecular formula is C44H54O4. The van der Waals surface area contributed by atoms with Crippen molar-refractivity contribution in [3.05, 3.63) is 117 Å². The van der Waals surface area contributed by atoms with E-state index in [1.807, 2.05) is 52.0 Å². The minimum atomic E-state index is -0.109. The molecule has 4 heteroatoms. The van der Waals surface area contributed by atoms with Crippen LogP contribution in [-0.2, 0) is 10.8 Å². The van der Waals surface area contributed by atoms with E-state index in [0.29, 0.717) is 40.8 Å². The van der Waals surface area contributed by atoms with Gasteiger partial charge in [0.05, 0.1) is 0 Å². The van der Waals surface area contributed by atoms with Gasteiger partial charge in [0.15, 0.2) is 0 Å². The molecule has 0 amide bonds. The molecule has 0 saturated heterocycles. The molecule has 0 unspecified atom stereocenters. The number of phenolic OH excluding ortho intramolecular Hbond substituents is 4. The molecule has 0 aliphatic heterocycles. The second-order valence-corrected chi connectivity index (χ2v) is 15.6. The van der Waals surface area contributed by atoms with Crippen LogP contribution in [0.4, 0.5) is 0 Å². The third-order valence-electron chi connectivity index (χ3n) is 12.4. The summed E-state index contributed by atoms with van der Waals surface area (Å²) in [6, 6.07) is 24.5. The van der Waals surface area contributed by atoms with Crippen LogP contribution < -0.4 is 0 Å². The van der Waals surface area contributed by atoms with E-state index in [9.17, 15) is 20.4 Å². The summed E-state index contributed by atoms with van der Waals surface area (Å²) in [5.74, 6) is 3.44. The number of rotatable bonds is 8. The van der Waals surface area contributed by atoms with Crippen LogP contribution in [0.15, 0.2) is 72.8 Å². The van der Waals surface area contributed by atoms with Crippen molar-refractivity contribution in [2.75, 3.05) is 0 Å². The molecule has 0 bridgehead atoms. The van der Waals surface area contributed by atoms with Gasteiger partial charge in [0.25, 0.3) is 0 Å². The van der Waals surface area contributed by atoms with Gasteiger partial charge in [-0.15, -0.1) is 0 Å². The average Bonchev–Trinajstić information content (AvgIpc) is 3.07. The Balaban J connectivity index is 1.13. The van der Waals surface area contributed by atoms with E-state index in [2.05, 4.69) is 55.5 Å². The molecule has 4 aromatic rings. The van der Waals surface area contributed by atoms with Crippen LogP contribution in [-0.4, -0.2) is 20.4 Å². The lowest BCUT2D eigenvalue weighted by molar-refractivity contribution is 0.194. The second kappa shape index (κ2) is 13.5. The fourth-order valence-electron chi connectivity index (χ4n) is 9.35. The topological polar surface area (TPSA) is 80.9 Å². The number of benzene rings is 4. The van der Waals surface area contributed by atoms with Crippen LogP contribution in [0, 0.1) is 45.4 Å². The number of hydrogen-bond acceptors (Lipinski definition) is 4. The summed E-state index contributed by atoms with van der Waals surface area (Å²) >= 11 is 0. The zero-order valence-corrected chi connectivity index (χ0v) is 29.5. The molecule has 2 aliphatic carbocycles. The number of hydrogen-bond donors (Lipinski definition) is 4. The molecular weight excluding hydrogens is 592 g/mol. The highest BCUT2D eigenvalue weighted by molar-refractivity contribution is 5.49. The van der Waals surface area contributed by atoms with E-state index in [4.69, 9.17) is 0 Å². The normalized spacial score (nSPS) is 18.3. The van der Waals surface area contributed by atoms with Crippen molar-refractivity contribution in [1.82, 2.24) is 0 Å². The number of aromatic hydroxyl groups is 4. The van der Waals surface area contributed by atoms with Crippen LogP contribution >= 0.6 is 0 Å². The Morgan fingerprint density at radius 3 is 0.958 bits per heavy atom. The fourth-order valence-corrected chi connectivity index (χ4v) is 9.35. The third-order valence-corrected chi connectivity index (χ3v) is 12.4. The molecule has 0 radical (unpaired) electrons. The first-order valence-electron chi connectivity index (χ1n) is 18.1. The van der Waals surface area contributed by atoms with Gasteiger partial charge < -0.3 is 20.4 Å². The first kappa shape index (κ1) is 34.0. The molecule has 4 N–H and O–H groups in total. The maximum Gasteiger partial charge on any atom is 0.118 e. The minimum absolute atomic E-state index is 0.109. The Bertz CT molecular complexity index is 1520. The summed E-state index contributed by atoms with van der Waals surface area (Å²) in [6.45, 7) is 10.4. The summed E-state index contributed by atoms with van der Waals surface area (Å²) in [5.41, 5.74) is 8.52. The zero-order chi connectivity index (χ0) is 34.2. The standard InChI is InChI=1S/C44H54O4/c1-28(22-33-14-18-43(19-15-33,35-6-10-39(45)29(2)24-35)36-7-11-40(46)30(3)25-36)23-34-16-20-44(21-17-34,37-8-12-41(47)31(4)26-37)38-9-13-42(48)32(5)27-38/h6-13,24-28,33-34,45-48H,14-23H2,1-5H3. The highest BCUT2D eigenvalue weighted by Crippen LogP contribution is 2.51. The van der Waals surface area contributed by atoms with Gasteiger partial charge in [-0.05, 0) is 178 Å². The third kappa shape index (κ3) is 6.56. The van der Waals surface area contributed by atoms with Crippen molar-refractivity contribution in [1.29, 1.82) is 0 Å². The molecule has 2 aliphatic rings. The average molecular weight is 647 g/mol. The van der Waals surface area contributed by atoms with Crippen molar-refractivity contribution in [2.24, 2.45) is 17.8 Å². The van der Waals surface area contributed by atoms with Gasteiger partial charge >= 0.3 is 0 Å². The molecule has 6 rings (SSSR count). The Hall–Kier alpha value is -3.92. The number of phenols is 4. The van der Waals surface area contributed by atoms with Crippen molar-refractivity contribution >= 4 is 0 Å². The Labute approximate surface area is 287 Å². The van der Waals surface area contributed by atoms with Gasteiger partial charge in [0.2, 0.25) is 0 Å². The summed E-state index contributed by atoms with van der Waals surface area (Å²) in [4.78, 5) is 0. The molecule has 0 aromatic heterocycles. The summed E-state index contributed by atoms with van der Waals surface area (Å²) in [6.07, 6.45) is 11.5. The van der Waals surface area contributed by atoms with E-state index in [-0.39, 0.29) is 10.8 Å². The van der Waals surface area contributed by atoms with Crippen molar-refractivity contribution in [3.8, 4) is 23.0 Å².